The molecular formula is C31H32N2O3. The van der Waals surface area contributed by atoms with Crippen molar-refractivity contribution in [1.82, 2.24) is 5.32 Å². The topological polar surface area (TPSA) is 50.8 Å². The number of carbonyl (C=O) groups excluding carboxylic acids is 1. The smallest absolute Gasteiger partial charge is 0.337 e. The molecule has 0 bridgehead atoms. The van der Waals surface area contributed by atoms with E-state index >= 15 is 0 Å². The van der Waals surface area contributed by atoms with Crippen LogP contribution in [0.2, 0.25) is 0 Å². The van der Waals surface area contributed by atoms with Gasteiger partial charge in [-0.05, 0) is 66.1 Å². The van der Waals surface area contributed by atoms with Crippen LogP contribution >= 0.6 is 0 Å². The van der Waals surface area contributed by atoms with Crippen LogP contribution in [0.25, 0.3) is 10.8 Å². The zero-order valence-corrected chi connectivity index (χ0v) is 20.8. The summed E-state index contributed by atoms with van der Waals surface area (Å²) < 4.78 is 11.2. The van der Waals surface area contributed by atoms with E-state index in [9.17, 15) is 4.79 Å². The van der Waals surface area contributed by atoms with Gasteiger partial charge in [0, 0.05) is 12.6 Å². The zero-order chi connectivity index (χ0) is 24.9. The molecule has 2 atom stereocenters. The molecule has 1 heterocycles. The van der Waals surface area contributed by atoms with Gasteiger partial charge in [0.1, 0.15) is 11.9 Å². The summed E-state index contributed by atoms with van der Waals surface area (Å²) >= 11 is 0. The lowest BCUT2D eigenvalue weighted by Crippen LogP contribution is -2.41. The monoisotopic (exact) mass is 480 g/mol. The van der Waals surface area contributed by atoms with Crippen LogP contribution in [0, 0.1) is 0 Å². The molecule has 1 N–H and O–H groups in total. The molecule has 5 heteroatoms. The fraction of sp³-hybridized carbons (Fsp3) is 0.258. The Morgan fingerprint density at radius 1 is 1.00 bits per heavy atom. The number of anilines is 1. The number of para-hydroxylation sites is 2. The first kappa shape index (κ1) is 23.9. The van der Waals surface area contributed by atoms with Crippen molar-refractivity contribution < 1.29 is 14.3 Å². The first-order valence-electron chi connectivity index (χ1n) is 12.5. The highest BCUT2D eigenvalue weighted by atomic mass is 16.5. The first-order chi connectivity index (χ1) is 17.6. The third-order valence-electron chi connectivity index (χ3n) is 6.88. The van der Waals surface area contributed by atoms with E-state index in [1.54, 1.807) is 0 Å². The van der Waals surface area contributed by atoms with Crippen molar-refractivity contribution >= 4 is 22.4 Å². The Bertz CT molecular complexity index is 1330. The van der Waals surface area contributed by atoms with Crippen molar-refractivity contribution in [3.05, 3.63) is 108 Å². The van der Waals surface area contributed by atoms with E-state index in [1.165, 1.54) is 23.4 Å². The number of hydrogen-bond acceptors (Lipinski definition) is 5. The SMILES string of the molecule is COC(=O)c1ccc(CN2CC(CCNC(C)c3cccc4ccccc34)Oc3ccccc32)cc1. The molecule has 4 aromatic carbocycles. The Kier molecular flexibility index (Phi) is 7.19. The number of nitrogens with one attached hydrogen (secondary N) is 1. The molecule has 0 saturated heterocycles. The Morgan fingerprint density at radius 2 is 1.75 bits per heavy atom. The van der Waals surface area contributed by atoms with E-state index in [2.05, 4.69) is 65.7 Å². The van der Waals surface area contributed by atoms with Crippen molar-refractivity contribution in [2.45, 2.75) is 32.0 Å². The van der Waals surface area contributed by atoms with Crippen LogP contribution in [0.5, 0.6) is 5.75 Å². The second-order valence-corrected chi connectivity index (χ2v) is 9.31. The van der Waals surface area contributed by atoms with Gasteiger partial charge in [0.15, 0.2) is 0 Å². The van der Waals surface area contributed by atoms with E-state index in [0.717, 1.165) is 43.1 Å². The van der Waals surface area contributed by atoms with Gasteiger partial charge < -0.3 is 19.7 Å². The lowest BCUT2D eigenvalue weighted by atomic mass is 9.99. The maximum atomic E-state index is 11.8. The summed E-state index contributed by atoms with van der Waals surface area (Å²) in [5.41, 5.74) is 4.12. The Hall–Kier alpha value is -3.83. The summed E-state index contributed by atoms with van der Waals surface area (Å²) in [4.78, 5) is 14.1. The molecule has 0 amide bonds. The average Bonchev–Trinajstić information content (AvgIpc) is 2.92. The van der Waals surface area contributed by atoms with Gasteiger partial charge in [-0.3, -0.25) is 0 Å². The second kappa shape index (κ2) is 10.8. The van der Waals surface area contributed by atoms with Gasteiger partial charge in [-0.15, -0.1) is 0 Å². The fourth-order valence-corrected chi connectivity index (χ4v) is 4.96. The van der Waals surface area contributed by atoms with Crippen molar-refractivity contribution in [3.63, 3.8) is 0 Å². The van der Waals surface area contributed by atoms with E-state index in [-0.39, 0.29) is 18.1 Å². The molecular weight excluding hydrogens is 448 g/mol. The van der Waals surface area contributed by atoms with Crippen LogP contribution in [0.3, 0.4) is 0 Å². The normalized spacial score (nSPS) is 15.7. The van der Waals surface area contributed by atoms with Crippen LogP contribution in [-0.2, 0) is 11.3 Å². The Labute approximate surface area is 212 Å². The van der Waals surface area contributed by atoms with Crippen LogP contribution in [0.15, 0.2) is 91.0 Å². The highest BCUT2D eigenvalue weighted by Gasteiger charge is 2.25. The molecule has 4 aromatic rings. The summed E-state index contributed by atoms with van der Waals surface area (Å²) in [6, 6.07) is 31.1. The minimum atomic E-state index is -0.316. The standard InChI is InChI=1S/C31H32N2O3/c1-22(27-11-7-9-24-8-3-4-10-28(24)27)32-19-18-26-21-33(29-12-5-6-13-30(29)36-26)20-23-14-16-25(17-15-23)31(34)35-2/h3-17,22,26,32H,18-21H2,1-2H3. The third-order valence-corrected chi connectivity index (χ3v) is 6.88. The van der Waals surface area contributed by atoms with Gasteiger partial charge >= 0.3 is 5.97 Å². The highest BCUT2D eigenvalue weighted by Crippen LogP contribution is 2.35. The minimum Gasteiger partial charge on any atom is -0.486 e. The largest absolute Gasteiger partial charge is 0.486 e. The number of rotatable bonds is 8. The number of carbonyl (C=O) groups is 1. The number of ether oxygens (including phenoxy) is 2. The quantitative estimate of drug-likeness (QED) is 0.307. The molecule has 5 rings (SSSR count). The molecule has 0 fully saturated rings. The van der Waals surface area contributed by atoms with Gasteiger partial charge in [0.05, 0.1) is 24.9 Å². The predicted octanol–water partition coefficient (Wildman–Crippen LogP) is 6.13. The van der Waals surface area contributed by atoms with Crippen molar-refractivity contribution in [2.24, 2.45) is 0 Å². The summed E-state index contributed by atoms with van der Waals surface area (Å²) in [6.07, 6.45) is 0.989. The van der Waals surface area contributed by atoms with Gasteiger partial charge in [-0.1, -0.05) is 66.7 Å². The molecule has 0 radical (unpaired) electrons. The molecule has 1 aliphatic heterocycles. The zero-order valence-electron chi connectivity index (χ0n) is 20.8. The Balaban J connectivity index is 1.24. The maximum Gasteiger partial charge on any atom is 0.337 e. The molecule has 0 aliphatic carbocycles. The average molecular weight is 481 g/mol. The van der Waals surface area contributed by atoms with E-state index in [0.29, 0.717) is 5.56 Å². The third kappa shape index (κ3) is 5.21. The van der Waals surface area contributed by atoms with Crippen LogP contribution in [0.4, 0.5) is 5.69 Å². The number of benzene rings is 4. The van der Waals surface area contributed by atoms with Crippen molar-refractivity contribution in [2.75, 3.05) is 25.1 Å². The number of fused-ring (bicyclic) bond motifs is 2. The number of methoxy groups -OCH3 is 1. The van der Waals surface area contributed by atoms with Crippen LogP contribution in [0.1, 0.15) is 40.9 Å². The molecule has 36 heavy (non-hydrogen) atoms. The second-order valence-electron chi connectivity index (χ2n) is 9.31. The predicted molar refractivity (Wildman–Crippen MR) is 145 cm³/mol. The van der Waals surface area contributed by atoms with E-state index in [4.69, 9.17) is 9.47 Å². The van der Waals surface area contributed by atoms with E-state index in [1.807, 2.05) is 42.5 Å². The van der Waals surface area contributed by atoms with Crippen LogP contribution < -0.4 is 15.0 Å². The molecule has 184 valence electrons. The summed E-state index contributed by atoms with van der Waals surface area (Å²) in [6.45, 7) is 4.64. The minimum absolute atomic E-state index is 0.0847. The molecule has 0 saturated carbocycles. The molecule has 0 aromatic heterocycles. The van der Waals surface area contributed by atoms with Crippen LogP contribution in [-0.4, -0.2) is 32.3 Å². The fourth-order valence-electron chi connectivity index (χ4n) is 4.96. The van der Waals surface area contributed by atoms with E-state index < -0.39 is 0 Å². The van der Waals surface area contributed by atoms with Gasteiger partial charge in [0.2, 0.25) is 0 Å². The van der Waals surface area contributed by atoms with Gasteiger partial charge in [-0.2, -0.15) is 0 Å². The highest BCUT2D eigenvalue weighted by molar-refractivity contribution is 5.89. The maximum absolute atomic E-state index is 11.8. The Morgan fingerprint density at radius 3 is 2.58 bits per heavy atom. The van der Waals surface area contributed by atoms with Gasteiger partial charge in [-0.25, -0.2) is 4.79 Å². The van der Waals surface area contributed by atoms with Gasteiger partial charge in [0.25, 0.3) is 0 Å². The lowest BCUT2D eigenvalue weighted by Gasteiger charge is -2.36. The lowest BCUT2D eigenvalue weighted by molar-refractivity contribution is 0.0600. The summed E-state index contributed by atoms with van der Waals surface area (Å²) in [7, 11) is 1.40. The number of hydrogen-bond donors (Lipinski definition) is 1. The molecule has 2 unspecified atom stereocenters. The van der Waals surface area contributed by atoms with Crippen molar-refractivity contribution in [3.8, 4) is 5.75 Å². The summed E-state index contributed by atoms with van der Waals surface area (Å²) in [5, 5.41) is 6.27. The van der Waals surface area contributed by atoms with Crippen molar-refractivity contribution in [1.29, 1.82) is 0 Å². The first-order valence-corrected chi connectivity index (χ1v) is 12.5. The summed E-state index contributed by atoms with van der Waals surface area (Å²) in [5.74, 6) is 0.602. The number of nitrogens with zero attached hydrogens (tertiary/aromatic N) is 1. The number of esters is 1. The molecule has 5 nitrogen and oxygen atoms in total. The molecule has 0 spiro atoms. The molecule has 1 aliphatic rings.